The lowest BCUT2D eigenvalue weighted by Crippen LogP contribution is -2.30. The predicted molar refractivity (Wildman–Crippen MR) is 340 cm³/mol. The maximum atomic E-state index is 12.8. The molecule has 1 atom stereocenters. The second-order valence-corrected chi connectivity index (χ2v) is 24.5. The zero-order chi connectivity index (χ0) is 56.4. The Labute approximate surface area is 488 Å². The average Bonchev–Trinajstić information content (AvgIpc) is 3.44. The standard InChI is InChI=1S/C72H138O6/c1-4-7-10-13-15-17-19-21-23-25-27-29-31-32-33-34-35-36-37-38-39-41-42-44-46-48-50-52-54-56-59-62-65-71(74)77-68-69(67-76-70(73)64-61-58-12-9-6-3)78-72(75)66-63-60-57-55-53-51-49-47-45-43-40-30-28-26-24-22-20-18-16-14-11-8-5-2/h26,28,69H,4-25,27,29-68H2,1-3H3/b28-26-. The van der Waals surface area contributed by atoms with E-state index in [9.17, 15) is 14.4 Å². The van der Waals surface area contributed by atoms with Crippen molar-refractivity contribution in [2.24, 2.45) is 0 Å². The molecule has 0 aliphatic rings. The highest BCUT2D eigenvalue weighted by molar-refractivity contribution is 5.71. The number of rotatable bonds is 67. The summed E-state index contributed by atoms with van der Waals surface area (Å²) in [5, 5.41) is 0. The molecule has 0 radical (unpaired) electrons. The summed E-state index contributed by atoms with van der Waals surface area (Å²) < 4.78 is 16.8. The Morgan fingerprint density at radius 2 is 0.423 bits per heavy atom. The topological polar surface area (TPSA) is 78.9 Å². The third kappa shape index (κ3) is 65.0. The van der Waals surface area contributed by atoms with Gasteiger partial charge < -0.3 is 14.2 Å². The van der Waals surface area contributed by atoms with Crippen LogP contribution in [0.2, 0.25) is 0 Å². The number of ether oxygens (including phenoxy) is 3. The Morgan fingerprint density at radius 1 is 0.244 bits per heavy atom. The van der Waals surface area contributed by atoms with Crippen LogP contribution in [0.4, 0.5) is 0 Å². The van der Waals surface area contributed by atoms with Gasteiger partial charge in [-0.05, 0) is 44.9 Å². The summed E-state index contributed by atoms with van der Waals surface area (Å²) in [5.74, 6) is -0.851. The van der Waals surface area contributed by atoms with Gasteiger partial charge in [-0.2, -0.15) is 0 Å². The van der Waals surface area contributed by atoms with Crippen LogP contribution in [0.1, 0.15) is 412 Å². The summed E-state index contributed by atoms with van der Waals surface area (Å²) in [6.45, 7) is 6.64. The van der Waals surface area contributed by atoms with Gasteiger partial charge in [0, 0.05) is 19.3 Å². The third-order valence-electron chi connectivity index (χ3n) is 16.5. The number of hydrogen-bond acceptors (Lipinski definition) is 6. The fourth-order valence-electron chi connectivity index (χ4n) is 11.2. The fraction of sp³-hybridized carbons (Fsp3) is 0.931. The van der Waals surface area contributed by atoms with Gasteiger partial charge >= 0.3 is 17.9 Å². The summed E-state index contributed by atoms with van der Waals surface area (Å²) in [4.78, 5) is 38.0. The molecule has 0 aliphatic heterocycles. The van der Waals surface area contributed by atoms with E-state index in [-0.39, 0.29) is 31.1 Å². The van der Waals surface area contributed by atoms with E-state index in [4.69, 9.17) is 14.2 Å². The summed E-state index contributed by atoms with van der Waals surface area (Å²) in [7, 11) is 0. The average molecular weight is 1100 g/mol. The maximum Gasteiger partial charge on any atom is 0.306 e. The molecule has 0 heterocycles. The molecule has 0 bridgehead atoms. The molecule has 0 spiro atoms. The number of esters is 3. The van der Waals surface area contributed by atoms with Crippen LogP contribution < -0.4 is 0 Å². The molecule has 462 valence electrons. The van der Waals surface area contributed by atoms with Gasteiger partial charge in [-0.25, -0.2) is 0 Å². The van der Waals surface area contributed by atoms with Gasteiger partial charge in [-0.3, -0.25) is 14.4 Å². The van der Waals surface area contributed by atoms with E-state index in [2.05, 4.69) is 32.9 Å². The Morgan fingerprint density at radius 3 is 0.641 bits per heavy atom. The minimum atomic E-state index is -0.764. The van der Waals surface area contributed by atoms with Crippen molar-refractivity contribution < 1.29 is 28.6 Å². The lowest BCUT2D eigenvalue weighted by molar-refractivity contribution is -0.167. The van der Waals surface area contributed by atoms with Gasteiger partial charge in [-0.1, -0.05) is 360 Å². The Bertz CT molecular complexity index is 1210. The second kappa shape index (κ2) is 67.7. The minimum absolute atomic E-state index is 0.0650. The number of allylic oxidation sites excluding steroid dienone is 2. The van der Waals surface area contributed by atoms with E-state index in [1.165, 1.54) is 308 Å². The lowest BCUT2D eigenvalue weighted by Gasteiger charge is -2.18. The zero-order valence-electron chi connectivity index (χ0n) is 53.2. The van der Waals surface area contributed by atoms with Crippen LogP contribution in [-0.4, -0.2) is 37.2 Å². The Hall–Kier alpha value is -1.85. The molecule has 0 saturated heterocycles. The van der Waals surface area contributed by atoms with Crippen LogP contribution in [0, 0.1) is 0 Å². The summed E-state index contributed by atoms with van der Waals surface area (Å²) >= 11 is 0. The highest BCUT2D eigenvalue weighted by Crippen LogP contribution is 2.19. The van der Waals surface area contributed by atoms with Gasteiger partial charge in [0.15, 0.2) is 6.10 Å². The lowest BCUT2D eigenvalue weighted by atomic mass is 10.0. The molecule has 0 aromatic carbocycles. The van der Waals surface area contributed by atoms with Crippen LogP contribution in [0.25, 0.3) is 0 Å². The number of unbranched alkanes of at least 4 members (excludes halogenated alkanes) is 54. The van der Waals surface area contributed by atoms with Gasteiger partial charge in [0.05, 0.1) is 0 Å². The Balaban J connectivity index is 3.88. The first-order chi connectivity index (χ1) is 38.5. The van der Waals surface area contributed by atoms with Crippen LogP contribution in [0.15, 0.2) is 12.2 Å². The molecule has 0 aliphatic carbocycles. The molecule has 6 heteroatoms. The summed E-state index contributed by atoms with van der Waals surface area (Å²) in [6, 6.07) is 0. The quantitative estimate of drug-likeness (QED) is 0.0261. The van der Waals surface area contributed by atoms with E-state index < -0.39 is 6.10 Å². The monoisotopic (exact) mass is 1100 g/mol. The summed E-state index contributed by atoms with van der Waals surface area (Å²) in [5.41, 5.74) is 0. The van der Waals surface area contributed by atoms with Crippen molar-refractivity contribution >= 4 is 17.9 Å². The van der Waals surface area contributed by atoms with Crippen LogP contribution >= 0.6 is 0 Å². The van der Waals surface area contributed by atoms with Crippen LogP contribution in [0.3, 0.4) is 0 Å². The Kier molecular flexibility index (Phi) is 66.0. The highest BCUT2D eigenvalue weighted by atomic mass is 16.6. The highest BCUT2D eigenvalue weighted by Gasteiger charge is 2.19. The molecule has 0 rings (SSSR count). The molecular weight excluding hydrogens is 961 g/mol. The molecule has 0 aromatic heterocycles. The molecule has 1 unspecified atom stereocenters. The van der Waals surface area contributed by atoms with Gasteiger partial charge in [-0.15, -0.1) is 0 Å². The first-order valence-electron chi connectivity index (χ1n) is 35.7. The van der Waals surface area contributed by atoms with Crippen molar-refractivity contribution in [3.05, 3.63) is 12.2 Å². The zero-order valence-corrected chi connectivity index (χ0v) is 53.2. The number of carbonyl (C=O) groups excluding carboxylic acids is 3. The SMILES string of the molecule is CCCCCCCCCC/C=C\CCCCCCCCCCCCCC(=O)OC(COC(=O)CCCCCCC)COC(=O)CCCCCCCCCCCCCCCCCCCCCCCCCCCCCCCCCC. The van der Waals surface area contributed by atoms with E-state index in [0.717, 1.165) is 64.2 Å². The maximum absolute atomic E-state index is 12.8. The fourth-order valence-corrected chi connectivity index (χ4v) is 11.2. The predicted octanol–water partition coefficient (Wildman–Crippen LogP) is 24.4. The minimum Gasteiger partial charge on any atom is -0.462 e. The van der Waals surface area contributed by atoms with Crippen LogP contribution in [-0.2, 0) is 28.6 Å². The third-order valence-corrected chi connectivity index (χ3v) is 16.5. The summed E-state index contributed by atoms with van der Waals surface area (Å²) in [6.07, 6.45) is 81.7. The largest absolute Gasteiger partial charge is 0.462 e. The molecule has 0 amide bonds. The first-order valence-corrected chi connectivity index (χ1v) is 35.7. The molecule has 0 saturated carbocycles. The molecule has 78 heavy (non-hydrogen) atoms. The molecule has 0 N–H and O–H groups in total. The van der Waals surface area contributed by atoms with E-state index in [0.29, 0.717) is 19.3 Å². The van der Waals surface area contributed by atoms with Crippen molar-refractivity contribution in [2.45, 2.75) is 419 Å². The van der Waals surface area contributed by atoms with Crippen molar-refractivity contribution in [2.75, 3.05) is 13.2 Å². The first kappa shape index (κ1) is 76.1. The van der Waals surface area contributed by atoms with Gasteiger partial charge in [0.2, 0.25) is 0 Å². The van der Waals surface area contributed by atoms with Crippen molar-refractivity contribution in [1.82, 2.24) is 0 Å². The number of hydrogen-bond donors (Lipinski definition) is 0. The van der Waals surface area contributed by atoms with Crippen LogP contribution in [0.5, 0.6) is 0 Å². The van der Waals surface area contributed by atoms with Crippen molar-refractivity contribution in [3.63, 3.8) is 0 Å². The van der Waals surface area contributed by atoms with Crippen molar-refractivity contribution in [3.8, 4) is 0 Å². The molecule has 0 aromatic rings. The normalized spacial score (nSPS) is 12.0. The molecule has 6 nitrogen and oxygen atoms in total. The molecule has 0 fully saturated rings. The van der Waals surface area contributed by atoms with Gasteiger partial charge in [0.25, 0.3) is 0 Å². The van der Waals surface area contributed by atoms with E-state index in [1.54, 1.807) is 0 Å². The van der Waals surface area contributed by atoms with Gasteiger partial charge in [0.1, 0.15) is 13.2 Å². The second-order valence-electron chi connectivity index (χ2n) is 24.5. The smallest absolute Gasteiger partial charge is 0.306 e. The number of carbonyl (C=O) groups is 3. The van der Waals surface area contributed by atoms with E-state index in [1.807, 2.05) is 0 Å². The van der Waals surface area contributed by atoms with E-state index >= 15 is 0 Å². The van der Waals surface area contributed by atoms with Crippen molar-refractivity contribution in [1.29, 1.82) is 0 Å². The molecular formula is C72H138O6.